The number of nitrogens with zero attached hydrogens (tertiary/aromatic N) is 1. The lowest BCUT2D eigenvalue weighted by molar-refractivity contribution is -0.203. The molecule has 206 valence electrons. The summed E-state index contributed by atoms with van der Waals surface area (Å²) in [6.45, 7) is 11.0. The summed E-state index contributed by atoms with van der Waals surface area (Å²) < 4.78 is 5.60. The summed E-state index contributed by atoms with van der Waals surface area (Å²) >= 11 is 0. The van der Waals surface area contributed by atoms with Crippen molar-refractivity contribution in [2.75, 3.05) is 19.7 Å². The fourth-order valence-electron chi connectivity index (χ4n) is 10.5. The van der Waals surface area contributed by atoms with Gasteiger partial charge in [-0.2, -0.15) is 0 Å². The zero-order chi connectivity index (χ0) is 25.8. The Kier molecular flexibility index (Phi) is 7.46. The Morgan fingerprint density at radius 3 is 2.39 bits per heavy atom. The Hall–Kier alpha value is -0.850. The van der Waals surface area contributed by atoms with Crippen LogP contribution in [0.15, 0.2) is 0 Å². The molecule has 0 bridgehead atoms. The summed E-state index contributed by atoms with van der Waals surface area (Å²) in [7, 11) is 0. The number of rotatable bonds is 5. The maximum Gasteiger partial charge on any atom is 0.409 e. The first-order valence-electron chi connectivity index (χ1n) is 15.1. The second-order valence-corrected chi connectivity index (χ2v) is 13.9. The normalized spacial score (nSPS) is 49.2. The lowest BCUT2D eigenvalue weighted by Crippen LogP contribution is -2.62. The van der Waals surface area contributed by atoms with E-state index < -0.39 is 6.10 Å². The molecule has 36 heavy (non-hydrogen) atoms. The fourth-order valence-corrected chi connectivity index (χ4v) is 10.5. The molecule has 6 nitrogen and oxygen atoms in total. The molecule has 1 amide bonds. The van der Waals surface area contributed by atoms with E-state index in [4.69, 9.17) is 4.74 Å². The molecule has 5 rings (SSSR count). The Morgan fingerprint density at radius 2 is 1.69 bits per heavy atom. The Balaban J connectivity index is 1.26. The van der Waals surface area contributed by atoms with Crippen LogP contribution >= 0.6 is 0 Å². The van der Waals surface area contributed by atoms with Crippen molar-refractivity contribution >= 4 is 6.09 Å². The van der Waals surface area contributed by atoms with E-state index in [0.29, 0.717) is 67.5 Å². The van der Waals surface area contributed by atoms with Gasteiger partial charge in [0.2, 0.25) is 0 Å². The molecule has 6 heteroatoms. The van der Waals surface area contributed by atoms with Crippen molar-refractivity contribution in [3.63, 3.8) is 0 Å². The van der Waals surface area contributed by atoms with Crippen LogP contribution < -0.4 is 0 Å². The fraction of sp³-hybridized carbons (Fsp3) is 0.967. The number of aliphatic hydroxyl groups is 3. The highest BCUT2D eigenvalue weighted by Gasteiger charge is 2.64. The molecule has 2 unspecified atom stereocenters. The molecule has 3 N–H and O–H groups in total. The predicted molar refractivity (Wildman–Crippen MR) is 139 cm³/mol. The second-order valence-electron chi connectivity index (χ2n) is 13.9. The molecule has 0 aromatic rings. The molecule has 1 heterocycles. The van der Waals surface area contributed by atoms with Crippen LogP contribution in [0.1, 0.15) is 91.9 Å². The number of aliphatic hydroxyl groups excluding tert-OH is 3. The summed E-state index contributed by atoms with van der Waals surface area (Å²) in [5.74, 6) is 3.32. The lowest BCUT2D eigenvalue weighted by Gasteiger charge is -2.64. The number of carbonyl (C=O) groups excluding carboxylic acids is 1. The van der Waals surface area contributed by atoms with E-state index in [1.165, 1.54) is 25.7 Å². The molecule has 0 spiro atoms. The van der Waals surface area contributed by atoms with E-state index in [-0.39, 0.29) is 29.1 Å². The van der Waals surface area contributed by atoms with Crippen molar-refractivity contribution in [2.24, 2.45) is 52.3 Å². The minimum atomic E-state index is -0.416. The molecule has 0 aromatic carbocycles. The first-order valence-corrected chi connectivity index (χ1v) is 15.1. The topological polar surface area (TPSA) is 90.2 Å². The van der Waals surface area contributed by atoms with Crippen LogP contribution in [0.2, 0.25) is 0 Å². The molecule has 5 aliphatic rings. The van der Waals surface area contributed by atoms with E-state index in [1.54, 1.807) is 4.90 Å². The van der Waals surface area contributed by atoms with Gasteiger partial charge in [0.15, 0.2) is 0 Å². The number of β-amino-alcohol motifs (C(OH)–C–C–N with tert-alkyl or cyclic N) is 1. The monoisotopic (exact) mass is 505 g/mol. The maximum atomic E-state index is 12.4. The first-order chi connectivity index (χ1) is 17.1. The smallest absolute Gasteiger partial charge is 0.409 e. The average molecular weight is 506 g/mol. The van der Waals surface area contributed by atoms with Gasteiger partial charge >= 0.3 is 6.09 Å². The summed E-state index contributed by atoms with van der Waals surface area (Å²) in [4.78, 5) is 14.0. The van der Waals surface area contributed by atoms with Crippen LogP contribution in [-0.2, 0) is 4.74 Å². The minimum absolute atomic E-state index is 0.198. The molecule has 1 aliphatic heterocycles. The van der Waals surface area contributed by atoms with Gasteiger partial charge in [-0.25, -0.2) is 4.79 Å². The van der Waals surface area contributed by atoms with Gasteiger partial charge in [-0.1, -0.05) is 34.1 Å². The van der Waals surface area contributed by atoms with Gasteiger partial charge in [-0.05, 0) is 110 Å². The van der Waals surface area contributed by atoms with Gasteiger partial charge in [0.05, 0.1) is 24.9 Å². The summed E-state index contributed by atoms with van der Waals surface area (Å²) in [6, 6.07) is 0. The maximum absolute atomic E-state index is 12.4. The number of hydrogen-bond acceptors (Lipinski definition) is 5. The van der Waals surface area contributed by atoms with Crippen molar-refractivity contribution in [1.82, 2.24) is 4.90 Å². The van der Waals surface area contributed by atoms with Crippen molar-refractivity contribution in [3.8, 4) is 0 Å². The number of amides is 1. The van der Waals surface area contributed by atoms with Gasteiger partial charge in [0, 0.05) is 13.1 Å². The minimum Gasteiger partial charge on any atom is -0.449 e. The van der Waals surface area contributed by atoms with Crippen molar-refractivity contribution in [3.05, 3.63) is 0 Å². The first kappa shape index (κ1) is 26.7. The van der Waals surface area contributed by atoms with E-state index in [2.05, 4.69) is 27.7 Å². The molecule has 12 atom stereocenters. The highest BCUT2D eigenvalue weighted by molar-refractivity contribution is 5.68. The third-order valence-corrected chi connectivity index (χ3v) is 12.4. The molecule has 4 saturated carbocycles. The predicted octanol–water partition coefficient (Wildman–Crippen LogP) is 4.84. The van der Waals surface area contributed by atoms with Crippen LogP contribution in [0.25, 0.3) is 0 Å². The van der Waals surface area contributed by atoms with E-state index >= 15 is 0 Å². The van der Waals surface area contributed by atoms with Crippen LogP contribution in [0.3, 0.4) is 0 Å². The standard InChI is InChI=1S/C30H51NO5/c1-5-21-25-16-19(32)8-12-30(25,4)24-9-13-29(3)22(6-7-23(29)26(24)27(21)34)18(2)11-15-36-28(35)31-14-10-20(33)17-31/h18-27,32-34H,5-17H2,1-4H3/t18-,19-,20+,21-,22-,23?,24+,25+,26?,27-,29-,30-/m1/s1. The third-order valence-electron chi connectivity index (χ3n) is 12.4. The van der Waals surface area contributed by atoms with Crippen molar-refractivity contribution < 1.29 is 24.9 Å². The summed E-state index contributed by atoms with van der Waals surface area (Å²) in [6.07, 6.45) is 9.09. The second kappa shape index (κ2) is 10.0. The summed E-state index contributed by atoms with van der Waals surface area (Å²) in [5, 5.41) is 32.0. The number of fused-ring (bicyclic) bond motifs is 5. The van der Waals surface area contributed by atoms with E-state index in [0.717, 1.165) is 32.1 Å². The van der Waals surface area contributed by atoms with E-state index in [1.807, 2.05) is 0 Å². The van der Waals surface area contributed by atoms with Crippen LogP contribution in [-0.4, -0.2) is 64.3 Å². The van der Waals surface area contributed by atoms with Crippen LogP contribution in [0.4, 0.5) is 4.79 Å². The van der Waals surface area contributed by atoms with Gasteiger partial charge in [-0.15, -0.1) is 0 Å². The highest BCUT2D eigenvalue weighted by atomic mass is 16.6. The molecular formula is C30H51NO5. The van der Waals surface area contributed by atoms with Gasteiger partial charge in [0.1, 0.15) is 0 Å². The van der Waals surface area contributed by atoms with E-state index in [9.17, 15) is 20.1 Å². The summed E-state index contributed by atoms with van der Waals surface area (Å²) in [5.41, 5.74) is 0.479. The van der Waals surface area contributed by atoms with Crippen molar-refractivity contribution in [2.45, 2.75) is 110 Å². The zero-order valence-electron chi connectivity index (χ0n) is 23.1. The SMILES string of the molecule is CC[C@H]1[C@@H](O)C2C3CC[C@H]([C@H](C)CCOC(=O)N4CC[C@H](O)C4)[C@@]3(C)CC[C@@H]2[C@@]2(C)CC[C@@H](O)C[C@@H]12. The number of likely N-dealkylation sites (tertiary alicyclic amines) is 1. The quantitative estimate of drug-likeness (QED) is 0.497. The number of carbonyl (C=O) groups is 1. The Bertz CT molecular complexity index is 806. The highest BCUT2D eigenvalue weighted by Crippen LogP contribution is 2.69. The Morgan fingerprint density at radius 1 is 0.972 bits per heavy atom. The molecule has 0 aromatic heterocycles. The lowest BCUT2D eigenvalue weighted by atomic mass is 9.41. The third kappa shape index (κ3) is 4.31. The largest absolute Gasteiger partial charge is 0.449 e. The molecule has 5 fully saturated rings. The van der Waals surface area contributed by atoms with Crippen LogP contribution in [0, 0.1) is 52.3 Å². The van der Waals surface area contributed by atoms with Gasteiger partial charge in [0.25, 0.3) is 0 Å². The van der Waals surface area contributed by atoms with Crippen molar-refractivity contribution in [1.29, 1.82) is 0 Å². The van der Waals surface area contributed by atoms with Gasteiger partial charge in [-0.3, -0.25) is 0 Å². The number of ether oxygens (including phenoxy) is 1. The molecule has 4 aliphatic carbocycles. The average Bonchev–Trinajstić information content (AvgIpc) is 3.43. The zero-order valence-corrected chi connectivity index (χ0v) is 23.1. The van der Waals surface area contributed by atoms with Gasteiger partial charge < -0.3 is 25.0 Å². The van der Waals surface area contributed by atoms with Crippen LogP contribution in [0.5, 0.6) is 0 Å². The molecular weight excluding hydrogens is 454 g/mol. The Labute approximate surface area is 218 Å². The number of hydrogen-bond donors (Lipinski definition) is 3. The molecule has 1 saturated heterocycles. The molecule has 0 radical (unpaired) electrons.